The van der Waals surface area contributed by atoms with Crippen LogP contribution in [0.2, 0.25) is 0 Å². The second-order valence-electron chi connectivity index (χ2n) is 5.39. The van der Waals surface area contributed by atoms with Gasteiger partial charge >= 0.3 is 0 Å². The number of hydrogen-bond donors (Lipinski definition) is 2. The maximum absolute atomic E-state index is 12.3. The summed E-state index contributed by atoms with van der Waals surface area (Å²) in [6.07, 6.45) is 4.22. The van der Waals surface area contributed by atoms with Gasteiger partial charge < -0.3 is 15.3 Å². The molecule has 1 aromatic rings. The fourth-order valence-electron chi connectivity index (χ4n) is 2.53. The molecule has 0 aliphatic heterocycles. The quantitative estimate of drug-likeness (QED) is 0.876. The van der Waals surface area contributed by atoms with Crippen LogP contribution in [0, 0.1) is 5.92 Å². The first-order valence-corrected chi connectivity index (χ1v) is 7.57. The first kappa shape index (κ1) is 15.3. The maximum atomic E-state index is 12.3. The summed E-state index contributed by atoms with van der Waals surface area (Å²) >= 11 is 3.34. The van der Waals surface area contributed by atoms with Crippen LogP contribution in [0.4, 0.5) is 5.82 Å². The molecule has 0 spiro atoms. The first-order chi connectivity index (χ1) is 9.49. The lowest BCUT2D eigenvalue weighted by molar-refractivity contribution is 0.0917. The molecule has 1 heterocycles. The van der Waals surface area contributed by atoms with Crippen molar-refractivity contribution >= 4 is 27.7 Å². The highest BCUT2D eigenvalue weighted by molar-refractivity contribution is 9.10. The van der Waals surface area contributed by atoms with Crippen LogP contribution in [0.1, 0.15) is 29.6 Å². The molecule has 1 aromatic heterocycles. The van der Waals surface area contributed by atoms with E-state index in [1.54, 1.807) is 12.3 Å². The van der Waals surface area contributed by atoms with Crippen LogP contribution in [-0.2, 0) is 0 Å². The van der Waals surface area contributed by atoms with E-state index in [9.17, 15) is 9.90 Å². The van der Waals surface area contributed by atoms with E-state index in [2.05, 4.69) is 26.2 Å². The van der Waals surface area contributed by atoms with E-state index in [-0.39, 0.29) is 17.9 Å². The summed E-state index contributed by atoms with van der Waals surface area (Å²) in [7, 11) is 3.71. The molecule has 1 amide bonds. The Bertz CT molecular complexity index is 493. The highest BCUT2D eigenvalue weighted by Crippen LogP contribution is 2.25. The molecule has 0 aromatic carbocycles. The number of aromatic nitrogens is 1. The zero-order valence-electron chi connectivity index (χ0n) is 11.8. The minimum atomic E-state index is -0.288. The molecule has 1 saturated carbocycles. The van der Waals surface area contributed by atoms with E-state index >= 15 is 0 Å². The summed E-state index contributed by atoms with van der Waals surface area (Å²) in [5.41, 5.74) is 0.539. The van der Waals surface area contributed by atoms with Crippen molar-refractivity contribution in [3.63, 3.8) is 0 Å². The first-order valence-electron chi connectivity index (χ1n) is 6.78. The zero-order valence-corrected chi connectivity index (χ0v) is 13.4. The molecule has 2 atom stereocenters. The molecule has 0 saturated heterocycles. The van der Waals surface area contributed by atoms with E-state index in [0.29, 0.717) is 17.9 Å². The fourth-order valence-corrected chi connectivity index (χ4v) is 2.86. The van der Waals surface area contributed by atoms with Gasteiger partial charge in [-0.25, -0.2) is 4.98 Å². The average molecular weight is 342 g/mol. The third-order valence-electron chi connectivity index (χ3n) is 3.65. The number of aliphatic hydroxyl groups excluding tert-OH is 1. The lowest BCUT2D eigenvalue weighted by Crippen LogP contribution is -2.33. The van der Waals surface area contributed by atoms with Crippen molar-refractivity contribution in [2.45, 2.75) is 25.4 Å². The molecule has 6 heteroatoms. The van der Waals surface area contributed by atoms with Crippen molar-refractivity contribution in [3.05, 3.63) is 22.3 Å². The van der Waals surface area contributed by atoms with Gasteiger partial charge in [0.05, 0.1) is 11.7 Å². The summed E-state index contributed by atoms with van der Waals surface area (Å²) in [5.74, 6) is 0.654. The third kappa shape index (κ3) is 3.49. The predicted octanol–water partition coefficient (Wildman–Crippen LogP) is 1.80. The number of nitrogens with zero attached hydrogens (tertiary/aromatic N) is 2. The Balaban J connectivity index is 2.06. The Morgan fingerprint density at radius 1 is 1.55 bits per heavy atom. The lowest BCUT2D eigenvalue weighted by Gasteiger charge is -2.18. The zero-order chi connectivity index (χ0) is 14.7. The summed E-state index contributed by atoms with van der Waals surface area (Å²) < 4.78 is 0.772. The number of hydrogen-bond acceptors (Lipinski definition) is 4. The molecule has 2 N–H and O–H groups in total. The Morgan fingerprint density at radius 2 is 2.30 bits per heavy atom. The smallest absolute Gasteiger partial charge is 0.255 e. The number of amides is 1. The molecule has 110 valence electrons. The molecule has 1 aliphatic rings. The number of nitrogens with one attached hydrogen (secondary N) is 1. The van der Waals surface area contributed by atoms with Crippen LogP contribution >= 0.6 is 15.9 Å². The normalized spacial score (nSPS) is 21.8. The van der Waals surface area contributed by atoms with Crippen molar-refractivity contribution in [3.8, 4) is 0 Å². The van der Waals surface area contributed by atoms with Crippen molar-refractivity contribution in [2.24, 2.45) is 5.92 Å². The van der Waals surface area contributed by atoms with E-state index in [0.717, 1.165) is 23.7 Å². The molecule has 1 aliphatic carbocycles. The summed E-state index contributed by atoms with van der Waals surface area (Å²) in [6, 6.07) is 1.77. The van der Waals surface area contributed by atoms with E-state index < -0.39 is 0 Å². The van der Waals surface area contributed by atoms with Crippen LogP contribution in [0.3, 0.4) is 0 Å². The Hall–Kier alpha value is -1.14. The van der Waals surface area contributed by atoms with Crippen LogP contribution in [0.25, 0.3) is 0 Å². The van der Waals surface area contributed by atoms with Gasteiger partial charge in [-0.15, -0.1) is 0 Å². The van der Waals surface area contributed by atoms with Crippen molar-refractivity contribution in [1.82, 2.24) is 10.3 Å². The Labute approximate surface area is 127 Å². The van der Waals surface area contributed by atoms with Crippen molar-refractivity contribution in [2.75, 3.05) is 25.5 Å². The van der Waals surface area contributed by atoms with Gasteiger partial charge in [0.25, 0.3) is 5.91 Å². The Morgan fingerprint density at radius 3 is 2.90 bits per heavy atom. The molecule has 2 rings (SSSR count). The van der Waals surface area contributed by atoms with Crippen LogP contribution in [-0.4, -0.2) is 42.7 Å². The standard InChI is InChI=1S/C14H20BrN3O2/c1-18(2)13-11(6-10(15)8-16-13)14(20)17-7-9-4-3-5-12(9)19/h6,8-9,12,19H,3-5,7H2,1-2H3,(H,17,20). The number of rotatable bonds is 4. The van der Waals surface area contributed by atoms with Crippen molar-refractivity contribution < 1.29 is 9.90 Å². The monoisotopic (exact) mass is 341 g/mol. The number of aliphatic hydroxyl groups is 1. The number of carbonyl (C=O) groups is 1. The lowest BCUT2D eigenvalue weighted by atomic mass is 10.1. The molecule has 0 radical (unpaired) electrons. The number of halogens is 1. The van der Waals surface area contributed by atoms with E-state index in [1.165, 1.54) is 0 Å². The minimum Gasteiger partial charge on any atom is -0.393 e. The largest absolute Gasteiger partial charge is 0.393 e. The van der Waals surface area contributed by atoms with Gasteiger partial charge in [-0.3, -0.25) is 4.79 Å². The van der Waals surface area contributed by atoms with Crippen LogP contribution in [0.15, 0.2) is 16.7 Å². The Kier molecular flexibility index (Phi) is 4.99. The summed E-state index contributed by atoms with van der Waals surface area (Å²) in [6.45, 7) is 0.513. The number of pyridine rings is 1. The second kappa shape index (κ2) is 6.54. The summed E-state index contributed by atoms with van der Waals surface area (Å²) in [5, 5.41) is 12.7. The molecule has 1 fully saturated rings. The highest BCUT2D eigenvalue weighted by atomic mass is 79.9. The van der Waals surface area contributed by atoms with Gasteiger partial charge in [0, 0.05) is 37.2 Å². The maximum Gasteiger partial charge on any atom is 0.255 e. The van der Waals surface area contributed by atoms with Gasteiger partial charge in [0.15, 0.2) is 0 Å². The number of anilines is 1. The molecular weight excluding hydrogens is 322 g/mol. The highest BCUT2D eigenvalue weighted by Gasteiger charge is 2.26. The van der Waals surface area contributed by atoms with E-state index in [1.807, 2.05) is 19.0 Å². The molecule has 5 nitrogen and oxygen atoms in total. The van der Waals surface area contributed by atoms with Crippen LogP contribution < -0.4 is 10.2 Å². The van der Waals surface area contributed by atoms with E-state index in [4.69, 9.17) is 0 Å². The molecule has 20 heavy (non-hydrogen) atoms. The van der Waals surface area contributed by atoms with Gasteiger partial charge in [-0.1, -0.05) is 6.42 Å². The van der Waals surface area contributed by atoms with Crippen molar-refractivity contribution in [1.29, 1.82) is 0 Å². The molecule has 0 bridgehead atoms. The summed E-state index contributed by atoms with van der Waals surface area (Å²) in [4.78, 5) is 18.4. The van der Waals surface area contributed by atoms with Gasteiger partial charge in [0.2, 0.25) is 0 Å². The van der Waals surface area contributed by atoms with Gasteiger partial charge in [-0.2, -0.15) is 0 Å². The molecular formula is C14H20BrN3O2. The fraction of sp³-hybridized carbons (Fsp3) is 0.571. The SMILES string of the molecule is CN(C)c1ncc(Br)cc1C(=O)NCC1CCCC1O. The van der Waals surface area contributed by atoms with Crippen LogP contribution in [0.5, 0.6) is 0 Å². The third-order valence-corrected chi connectivity index (χ3v) is 4.08. The minimum absolute atomic E-state index is 0.151. The average Bonchev–Trinajstić information content (AvgIpc) is 2.81. The number of carbonyl (C=O) groups excluding carboxylic acids is 1. The van der Waals surface area contributed by atoms with Gasteiger partial charge in [0.1, 0.15) is 5.82 Å². The topological polar surface area (TPSA) is 65.5 Å². The predicted molar refractivity (Wildman–Crippen MR) is 81.9 cm³/mol. The molecule has 2 unspecified atom stereocenters. The van der Waals surface area contributed by atoms with Gasteiger partial charge in [-0.05, 0) is 34.8 Å². The second-order valence-corrected chi connectivity index (χ2v) is 6.30.